The van der Waals surface area contributed by atoms with E-state index in [2.05, 4.69) is 10.7 Å². The van der Waals surface area contributed by atoms with Crippen LogP contribution in [0.15, 0.2) is 41.1 Å². The summed E-state index contributed by atoms with van der Waals surface area (Å²) in [5.74, 6) is -0.262. The number of rotatable bonds is 2. The molecule has 0 saturated carbocycles. The van der Waals surface area contributed by atoms with E-state index < -0.39 is 0 Å². The molecule has 1 aromatic carbocycles. The van der Waals surface area contributed by atoms with Crippen LogP contribution in [0.5, 0.6) is 0 Å². The van der Waals surface area contributed by atoms with Gasteiger partial charge in [0.05, 0.1) is 5.70 Å². The Bertz CT molecular complexity index is 629. The van der Waals surface area contributed by atoms with Crippen molar-refractivity contribution >= 4 is 28.5 Å². The van der Waals surface area contributed by atoms with Gasteiger partial charge in [0, 0.05) is 6.42 Å². The molecule has 0 radical (unpaired) electrons. The van der Waals surface area contributed by atoms with Gasteiger partial charge in [-0.2, -0.15) is 11.3 Å². The monoisotopic (exact) mass is 273 g/mol. The summed E-state index contributed by atoms with van der Waals surface area (Å²) in [4.78, 5) is 11.6. The summed E-state index contributed by atoms with van der Waals surface area (Å²) in [6.45, 7) is 0. The van der Waals surface area contributed by atoms with Crippen LogP contribution in [0.1, 0.15) is 24.0 Å². The number of carbonyl (C=O) groups excluding carboxylic acids is 1. The Kier molecular flexibility index (Phi) is 3.17. The summed E-state index contributed by atoms with van der Waals surface area (Å²) < 4.78 is 13.0. The quantitative estimate of drug-likeness (QED) is 0.888. The molecule has 0 saturated heterocycles. The van der Waals surface area contributed by atoms with Crippen LogP contribution >= 0.6 is 11.3 Å². The van der Waals surface area contributed by atoms with E-state index in [4.69, 9.17) is 0 Å². The zero-order chi connectivity index (χ0) is 13.2. The molecule has 0 bridgehead atoms. The summed E-state index contributed by atoms with van der Waals surface area (Å²) in [5.41, 5.74) is 3.89. The standard InChI is InChI=1S/C15H12FNOS/c16-12-3-1-10(2-4-12)15-13(5-6-14(18)17-15)11-7-8-19-9-11/h1-4,7-9H,5-6H2,(H,17,18). The van der Waals surface area contributed by atoms with Crippen molar-refractivity contribution in [3.63, 3.8) is 0 Å². The highest BCUT2D eigenvalue weighted by Crippen LogP contribution is 2.32. The number of benzene rings is 1. The molecule has 0 unspecified atom stereocenters. The Hall–Kier alpha value is -1.94. The molecule has 2 nitrogen and oxygen atoms in total. The van der Waals surface area contributed by atoms with Crippen LogP contribution in [0, 0.1) is 5.82 Å². The van der Waals surface area contributed by atoms with Gasteiger partial charge in [0.15, 0.2) is 0 Å². The lowest BCUT2D eigenvalue weighted by Crippen LogP contribution is -2.26. The maximum Gasteiger partial charge on any atom is 0.224 e. The lowest BCUT2D eigenvalue weighted by Gasteiger charge is -2.21. The second kappa shape index (κ2) is 4.97. The first kappa shape index (κ1) is 12.1. The number of amides is 1. The van der Waals surface area contributed by atoms with Crippen molar-refractivity contribution in [3.05, 3.63) is 58.0 Å². The minimum absolute atomic E-state index is 0.0123. The summed E-state index contributed by atoms with van der Waals surface area (Å²) in [6.07, 6.45) is 1.21. The Morgan fingerprint density at radius 3 is 2.53 bits per heavy atom. The van der Waals surface area contributed by atoms with Crippen LogP contribution in [0.3, 0.4) is 0 Å². The number of allylic oxidation sites excluding steroid dienone is 1. The molecule has 3 rings (SSSR count). The zero-order valence-corrected chi connectivity index (χ0v) is 11.0. The Morgan fingerprint density at radius 2 is 1.84 bits per heavy atom. The molecular formula is C15H12FNOS. The fraction of sp³-hybridized carbons (Fsp3) is 0.133. The second-order valence-corrected chi connectivity index (χ2v) is 5.20. The molecule has 2 heterocycles. The lowest BCUT2D eigenvalue weighted by atomic mass is 9.94. The van der Waals surface area contributed by atoms with Crippen LogP contribution in [0.2, 0.25) is 0 Å². The van der Waals surface area contributed by atoms with Crippen LogP contribution in [-0.2, 0) is 4.79 Å². The fourth-order valence-electron chi connectivity index (χ4n) is 2.23. The predicted octanol–water partition coefficient (Wildman–Crippen LogP) is 3.67. The first-order valence-electron chi connectivity index (χ1n) is 6.05. The Labute approximate surface area is 114 Å². The molecule has 2 aromatic rings. The van der Waals surface area contributed by atoms with E-state index in [0.29, 0.717) is 6.42 Å². The van der Waals surface area contributed by atoms with E-state index >= 15 is 0 Å². The molecule has 1 aliphatic rings. The SMILES string of the molecule is O=C1CCC(c2ccsc2)=C(c2ccc(F)cc2)N1. The number of nitrogens with one attached hydrogen (secondary N) is 1. The van der Waals surface area contributed by atoms with E-state index in [0.717, 1.165) is 28.8 Å². The van der Waals surface area contributed by atoms with Crippen LogP contribution in [0.4, 0.5) is 4.39 Å². The van der Waals surface area contributed by atoms with Gasteiger partial charge >= 0.3 is 0 Å². The summed E-state index contributed by atoms with van der Waals surface area (Å²) >= 11 is 1.63. The molecule has 0 spiro atoms. The van der Waals surface area contributed by atoms with Gasteiger partial charge < -0.3 is 5.32 Å². The average molecular weight is 273 g/mol. The van der Waals surface area contributed by atoms with Gasteiger partial charge in [0.25, 0.3) is 0 Å². The van der Waals surface area contributed by atoms with Gasteiger partial charge in [-0.3, -0.25) is 4.79 Å². The minimum Gasteiger partial charge on any atom is -0.325 e. The van der Waals surface area contributed by atoms with Crippen molar-refractivity contribution in [2.75, 3.05) is 0 Å². The molecular weight excluding hydrogens is 261 g/mol. The van der Waals surface area contributed by atoms with Crippen LogP contribution in [-0.4, -0.2) is 5.91 Å². The van der Waals surface area contributed by atoms with E-state index in [1.54, 1.807) is 23.5 Å². The third-order valence-electron chi connectivity index (χ3n) is 3.17. The summed E-state index contributed by atoms with van der Waals surface area (Å²) in [7, 11) is 0. The Morgan fingerprint density at radius 1 is 1.05 bits per heavy atom. The topological polar surface area (TPSA) is 29.1 Å². The zero-order valence-electron chi connectivity index (χ0n) is 10.2. The van der Waals surface area contributed by atoms with E-state index in [1.165, 1.54) is 12.1 Å². The smallest absolute Gasteiger partial charge is 0.224 e. The fourth-order valence-corrected chi connectivity index (χ4v) is 2.90. The number of carbonyl (C=O) groups is 1. The number of thiophene rings is 1. The third kappa shape index (κ3) is 2.44. The van der Waals surface area contributed by atoms with E-state index in [1.807, 2.05) is 11.4 Å². The highest BCUT2D eigenvalue weighted by atomic mass is 32.1. The van der Waals surface area contributed by atoms with Crippen molar-refractivity contribution in [2.24, 2.45) is 0 Å². The highest BCUT2D eigenvalue weighted by Gasteiger charge is 2.20. The molecule has 96 valence electrons. The molecule has 1 N–H and O–H groups in total. The normalized spacial score (nSPS) is 15.5. The molecule has 1 amide bonds. The first-order chi connectivity index (χ1) is 9.24. The van der Waals surface area contributed by atoms with Crippen LogP contribution in [0.25, 0.3) is 11.3 Å². The predicted molar refractivity (Wildman–Crippen MR) is 74.9 cm³/mol. The van der Waals surface area contributed by atoms with Gasteiger partial charge in [-0.25, -0.2) is 4.39 Å². The third-order valence-corrected chi connectivity index (χ3v) is 3.85. The second-order valence-electron chi connectivity index (χ2n) is 4.42. The maximum absolute atomic E-state index is 13.0. The van der Waals surface area contributed by atoms with Crippen molar-refractivity contribution in [1.29, 1.82) is 0 Å². The molecule has 1 aromatic heterocycles. The minimum atomic E-state index is -0.274. The molecule has 1 aliphatic heterocycles. The molecule has 0 atom stereocenters. The molecule has 0 fully saturated rings. The summed E-state index contributed by atoms with van der Waals surface area (Å²) in [6, 6.07) is 8.26. The lowest BCUT2D eigenvalue weighted by molar-refractivity contribution is -0.120. The molecule has 19 heavy (non-hydrogen) atoms. The van der Waals surface area contributed by atoms with Crippen molar-refractivity contribution in [2.45, 2.75) is 12.8 Å². The van der Waals surface area contributed by atoms with E-state index in [-0.39, 0.29) is 11.7 Å². The van der Waals surface area contributed by atoms with Crippen molar-refractivity contribution in [1.82, 2.24) is 5.32 Å². The molecule has 0 aliphatic carbocycles. The average Bonchev–Trinajstić information content (AvgIpc) is 2.93. The van der Waals surface area contributed by atoms with Crippen molar-refractivity contribution < 1.29 is 9.18 Å². The van der Waals surface area contributed by atoms with Crippen molar-refractivity contribution in [3.8, 4) is 0 Å². The van der Waals surface area contributed by atoms with Gasteiger partial charge in [-0.15, -0.1) is 0 Å². The number of hydrogen-bond acceptors (Lipinski definition) is 2. The number of hydrogen-bond donors (Lipinski definition) is 1. The maximum atomic E-state index is 13.0. The van der Waals surface area contributed by atoms with E-state index in [9.17, 15) is 9.18 Å². The largest absolute Gasteiger partial charge is 0.325 e. The first-order valence-corrected chi connectivity index (χ1v) is 7.00. The number of halogens is 1. The summed E-state index contributed by atoms with van der Waals surface area (Å²) in [5, 5.41) is 6.99. The van der Waals surface area contributed by atoms with Gasteiger partial charge in [-0.1, -0.05) is 0 Å². The van der Waals surface area contributed by atoms with Gasteiger partial charge in [0.1, 0.15) is 5.82 Å². The van der Waals surface area contributed by atoms with Gasteiger partial charge in [-0.05, 0) is 64.2 Å². The molecule has 4 heteroatoms. The van der Waals surface area contributed by atoms with Gasteiger partial charge in [0.2, 0.25) is 5.91 Å². The highest BCUT2D eigenvalue weighted by molar-refractivity contribution is 7.08. The van der Waals surface area contributed by atoms with Crippen LogP contribution < -0.4 is 5.32 Å². The Balaban J connectivity index is 2.11.